The van der Waals surface area contributed by atoms with Crippen molar-refractivity contribution < 1.29 is 13.2 Å². The molecule has 1 N–H and O–H groups in total. The number of hydrogen-bond donors (Lipinski definition) is 1. The Kier molecular flexibility index (Phi) is 7.54. The highest BCUT2D eigenvalue weighted by molar-refractivity contribution is 7.89. The molecule has 3 rings (SSSR count). The number of anilines is 1. The van der Waals surface area contributed by atoms with Crippen molar-refractivity contribution in [3.05, 3.63) is 93.5 Å². The number of nitrogens with one attached hydrogen (secondary N) is 1. The summed E-state index contributed by atoms with van der Waals surface area (Å²) in [4.78, 5) is 13.0. The molecule has 3 aromatic carbocycles. The van der Waals surface area contributed by atoms with Crippen molar-refractivity contribution in [2.45, 2.75) is 32.2 Å². The number of sulfonamides is 1. The quantitative estimate of drug-likeness (QED) is 0.516. The first kappa shape index (κ1) is 24.5. The van der Waals surface area contributed by atoms with Crippen LogP contribution in [0.5, 0.6) is 0 Å². The normalized spacial score (nSPS) is 11.3. The van der Waals surface area contributed by atoms with Crippen LogP contribution >= 0.6 is 11.6 Å². The summed E-state index contributed by atoms with van der Waals surface area (Å²) in [6.45, 7) is 5.01. The Labute approximate surface area is 199 Å². The minimum atomic E-state index is -4.00. The van der Waals surface area contributed by atoms with Gasteiger partial charge in [0.2, 0.25) is 15.9 Å². The van der Waals surface area contributed by atoms with Gasteiger partial charge in [0.25, 0.3) is 0 Å². The van der Waals surface area contributed by atoms with Crippen LogP contribution in [0.25, 0.3) is 0 Å². The first-order valence-corrected chi connectivity index (χ1v) is 12.0. The molecule has 8 heteroatoms. The van der Waals surface area contributed by atoms with Crippen LogP contribution in [0.2, 0.25) is 5.02 Å². The third-order valence-electron chi connectivity index (χ3n) is 5.07. The highest BCUT2D eigenvalue weighted by Gasteiger charge is 2.30. The van der Waals surface area contributed by atoms with E-state index in [2.05, 4.69) is 5.32 Å². The largest absolute Gasteiger partial charge is 0.325 e. The number of benzene rings is 3. The van der Waals surface area contributed by atoms with Crippen LogP contribution in [0.15, 0.2) is 65.6 Å². The lowest BCUT2D eigenvalue weighted by molar-refractivity contribution is -0.116. The number of amides is 1. The zero-order valence-electron chi connectivity index (χ0n) is 18.6. The molecule has 1 amide bonds. The lowest BCUT2D eigenvalue weighted by atomic mass is 10.1. The molecule has 0 aliphatic carbocycles. The Bertz CT molecular complexity index is 1310. The minimum Gasteiger partial charge on any atom is -0.325 e. The number of aryl methyl sites for hydroxylation is 3. The second-order valence-corrected chi connectivity index (χ2v) is 10.2. The van der Waals surface area contributed by atoms with Crippen molar-refractivity contribution in [3.8, 4) is 6.07 Å². The van der Waals surface area contributed by atoms with Crippen molar-refractivity contribution in [1.82, 2.24) is 4.31 Å². The van der Waals surface area contributed by atoms with E-state index in [9.17, 15) is 13.2 Å². The Morgan fingerprint density at radius 2 is 1.67 bits per heavy atom. The predicted molar refractivity (Wildman–Crippen MR) is 129 cm³/mol. The summed E-state index contributed by atoms with van der Waals surface area (Å²) in [5.74, 6) is -0.509. The van der Waals surface area contributed by atoms with Gasteiger partial charge in [0, 0.05) is 17.3 Å². The molecule has 0 heterocycles. The van der Waals surface area contributed by atoms with E-state index in [0.717, 1.165) is 9.87 Å². The molecule has 0 saturated carbocycles. The number of halogens is 1. The van der Waals surface area contributed by atoms with Gasteiger partial charge in [-0.2, -0.15) is 9.57 Å². The Morgan fingerprint density at radius 3 is 2.27 bits per heavy atom. The molecule has 3 aromatic rings. The van der Waals surface area contributed by atoms with Gasteiger partial charge in [0.15, 0.2) is 0 Å². The van der Waals surface area contributed by atoms with Gasteiger partial charge in [-0.15, -0.1) is 0 Å². The van der Waals surface area contributed by atoms with Crippen molar-refractivity contribution in [3.63, 3.8) is 0 Å². The monoisotopic (exact) mass is 481 g/mol. The van der Waals surface area contributed by atoms with Gasteiger partial charge in [-0.1, -0.05) is 47.5 Å². The topological polar surface area (TPSA) is 90.3 Å². The van der Waals surface area contributed by atoms with Crippen LogP contribution in [0.1, 0.15) is 27.8 Å². The van der Waals surface area contributed by atoms with Crippen molar-refractivity contribution in [2.24, 2.45) is 0 Å². The number of nitrogens with zero attached hydrogens (tertiary/aromatic N) is 2. The van der Waals surface area contributed by atoms with E-state index in [0.29, 0.717) is 33.0 Å². The fraction of sp³-hybridized carbons (Fsp3) is 0.200. The molecule has 0 saturated heterocycles. The molecular weight excluding hydrogens is 458 g/mol. The first-order chi connectivity index (χ1) is 15.6. The van der Waals surface area contributed by atoms with Crippen LogP contribution in [-0.2, 0) is 21.4 Å². The summed E-state index contributed by atoms with van der Waals surface area (Å²) in [7, 11) is -4.00. The van der Waals surface area contributed by atoms with Gasteiger partial charge in [0.05, 0.1) is 23.1 Å². The zero-order chi connectivity index (χ0) is 24.2. The number of hydrogen-bond acceptors (Lipinski definition) is 4. The average Bonchev–Trinajstić information content (AvgIpc) is 2.74. The van der Waals surface area contributed by atoms with Crippen LogP contribution in [0.3, 0.4) is 0 Å². The van der Waals surface area contributed by atoms with Gasteiger partial charge in [-0.25, -0.2) is 8.42 Å². The Hall–Kier alpha value is -3.18. The van der Waals surface area contributed by atoms with Gasteiger partial charge in [0.1, 0.15) is 0 Å². The van der Waals surface area contributed by atoms with Gasteiger partial charge in [-0.3, -0.25) is 4.79 Å². The van der Waals surface area contributed by atoms with Crippen molar-refractivity contribution in [2.75, 3.05) is 11.9 Å². The van der Waals surface area contributed by atoms with Crippen LogP contribution in [0, 0.1) is 32.1 Å². The molecule has 0 aliphatic rings. The standard InChI is InChI=1S/C25H24ClN3O3S/c1-17-11-18(2)25(19(3)12-17)33(31,32)29(15-20-7-9-22(26)10-8-20)16-24(30)28-23-6-4-5-21(13-23)14-27/h4-13H,15-16H2,1-3H3,(H,28,30). The van der Waals surface area contributed by atoms with Crippen LogP contribution in [-0.4, -0.2) is 25.2 Å². The number of rotatable bonds is 7. The number of carbonyl (C=O) groups is 1. The molecule has 0 fully saturated rings. The van der Waals surface area contributed by atoms with E-state index in [1.807, 2.05) is 25.1 Å². The molecule has 170 valence electrons. The first-order valence-electron chi connectivity index (χ1n) is 10.2. The van der Waals surface area contributed by atoms with E-state index in [4.69, 9.17) is 16.9 Å². The third kappa shape index (κ3) is 5.99. The zero-order valence-corrected chi connectivity index (χ0v) is 20.2. The fourth-order valence-electron chi connectivity index (χ4n) is 3.75. The van der Waals surface area contributed by atoms with E-state index in [1.165, 1.54) is 6.07 Å². The molecule has 0 bridgehead atoms. The van der Waals surface area contributed by atoms with E-state index in [1.54, 1.807) is 56.3 Å². The van der Waals surface area contributed by atoms with Crippen LogP contribution in [0.4, 0.5) is 5.69 Å². The molecule has 0 aliphatic heterocycles. The maximum absolute atomic E-state index is 13.7. The summed E-state index contributed by atoms with van der Waals surface area (Å²) < 4.78 is 28.6. The maximum atomic E-state index is 13.7. The summed E-state index contributed by atoms with van der Waals surface area (Å²) in [6, 6.07) is 18.9. The van der Waals surface area contributed by atoms with Crippen molar-refractivity contribution >= 4 is 33.2 Å². The SMILES string of the molecule is Cc1cc(C)c(S(=O)(=O)N(CC(=O)Nc2cccc(C#N)c2)Cc2ccc(Cl)cc2)c(C)c1. The molecule has 0 unspecified atom stereocenters. The smallest absolute Gasteiger partial charge is 0.244 e. The summed E-state index contributed by atoms with van der Waals surface area (Å²) in [5, 5.41) is 12.3. The summed E-state index contributed by atoms with van der Waals surface area (Å²) in [6.07, 6.45) is 0. The van der Waals surface area contributed by atoms with E-state index in [-0.39, 0.29) is 11.4 Å². The lowest BCUT2D eigenvalue weighted by Crippen LogP contribution is -2.38. The molecule has 0 aromatic heterocycles. The second kappa shape index (κ2) is 10.2. The molecular formula is C25H24ClN3O3S. The van der Waals surface area contributed by atoms with Crippen molar-refractivity contribution in [1.29, 1.82) is 5.26 Å². The van der Waals surface area contributed by atoms with Gasteiger partial charge in [-0.05, 0) is 67.8 Å². The second-order valence-electron chi connectivity index (χ2n) is 7.87. The minimum absolute atomic E-state index is 0.00207. The fourth-order valence-corrected chi connectivity index (χ4v) is 5.67. The molecule has 0 spiro atoms. The number of carbonyl (C=O) groups excluding carboxylic acids is 1. The molecule has 33 heavy (non-hydrogen) atoms. The maximum Gasteiger partial charge on any atom is 0.244 e. The van der Waals surface area contributed by atoms with Crippen LogP contribution < -0.4 is 5.32 Å². The third-order valence-corrected chi connectivity index (χ3v) is 7.42. The lowest BCUT2D eigenvalue weighted by Gasteiger charge is -2.24. The predicted octanol–water partition coefficient (Wildman–Crippen LogP) is 4.97. The van der Waals surface area contributed by atoms with E-state index >= 15 is 0 Å². The number of nitriles is 1. The summed E-state index contributed by atoms with van der Waals surface area (Å²) in [5.41, 5.74) is 3.72. The van der Waals surface area contributed by atoms with Gasteiger partial charge < -0.3 is 5.32 Å². The molecule has 0 atom stereocenters. The molecule has 0 radical (unpaired) electrons. The Morgan fingerprint density at radius 1 is 1.03 bits per heavy atom. The highest BCUT2D eigenvalue weighted by atomic mass is 35.5. The summed E-state index contributed by atoms with van der Waals surface area (Å²) >= 11 is 5.97. The average molecular weight is 482 g/mol. The highest BCUT2D eigenvalue weighted by Crippen LogP contribution is 2.27. The van der Waals surface area contributed by atoms with Gasteiger partial charge >= 0.3 is 0 Å². The molecule has 6 nitrogen and oxygen atoms in total. The van der Waals surface area contributed by atoms with E-state index < -0.39 is 22.5 Å². The Balaban J connectivity index is 1.96.